The van der Waals surface area contributed by atoms with Crippen LogP contribution in [-0.2, 0) is 4.74 Å². The second-order valence-corrected chi connectivity index (χ2v) is 5.14. The number of nitrogens with zero attached hydrogens (tertiary/aromatic N) is 1. The number of para-hydroxylation sites is 1. The molecule has 0 saturated heterocycles. The minimum Gasteiger partial charge on any atom is -0.462 e. The van der Waals surface area contributed by atoms with Gasteiger partial charge in [-0.2, -0.15) is 0 Å². The Hall–Kier alpha value is -3.21. The molecule has 0 fully saturated rings. The first kappa shape index (κ1) is 15.7. The molecule has 2 aromatic carbocycles. The molecular formula is C19H16N2O3. The van der Waals surface area contributed by atoms with Crippen molar-refractivity contribution in [3.63, 3.8) is 0 Å². The van der Waals surface area contributed by atoms with Crippen LogP contribution in [-0.4, -0.2) is 23.5 Å². The molecule has 0 bridgehead atoms. The van der Waals surface area contributed by atoms with E-state index in [4.69, 9.17) is 4.74 Å². The Morgan fingerprint density at radius 1 is 1.00 bits per heavy atom. The number of carbonyl (C=O) groups is 2. The molecular weight excluding hydrogens is 304 g/mol. The van der Waals surface area contributed by atoms with Crippen LogP contribution >= 0.6 is 0 Å². The van der Waals surface area contributed by atoms with Crippen LogP contribution in [0.5, 0.6) is 0 Å². The van der Waals surface area contributed by atoms with E-state index in [2.05, 4.69) is 10.3 Å². The highest BCUT2D eigenvalue weighted by atomic mass is 16.5. The highest BCUT2D eigenvalue weighted by Gasteiger charge is 2.10. The molecule has 24 heavy (non-hydrogen) atoms. The standard InChI is InChI=1S/C19H16N2O3/c1-2-24-19(23)14-7-10-15(11-8-14)20-18(22)17-12-9-13-5-3-4-6-16(13)21-17/h3-12H,2H2,1H3,(H,20,22). The van der Waals surface area contributed by atoms with Crippen LogP contribution in [0.2, 0.25) is 0 Å². The molecule has 5 heteroatoms. The van der Waals surface area contributed by atoms with E-state index in [-0.39, 0.29) is 11.9 Å². The highest BCUT2D eigenvalue weighted by Crippen LogP contribution is 2.14. The van der Waals surface area contributed by atoms with Crippen molar-refractivity contribution >= 4 is 28.5 Å². The number of rotatable bonds is 4. The topological polar surface area (TPSA) is 68.3 Å². The Labute approximate surface area is 139 Å². The van der Waals surface area contributed by atoms with Crippen LogP contribution in [0.15, 0.2) is 60.7 Å². The van der Waals surface area contributed by atoms with Crippen LogP contribution in [0.25, 0.3) is 10.9 Å². The summed E-state index contributed by atoms with van der Waals surface area (Å²) in [6.45, 7) is 2.08. The molecule has 0 aliphatic heterocycles. The fourth-order valence-corrected chi connectivity index (χ4v) is 2.29. The van der Waals surface area contributed by atoms with E-state index in [9.17, 15) is 9.59 Å². The summed E-state index contributed by atoms with van der Waals surface area (Å²) < 4.78 is 4.92. The maximum Gasteiger partial charge on any atom is 0.338 e. The van der Waals surface area contributed by atoms with Gasteiger partial charge < -0.3 is 10.1 Å². The number of pyridine rings is 1. The summed E-state index contributed by atoms with van der Waals surface area (Å²) >= 11 is 0. The molecule has 0 atom stereocenters. The van der Waals surface area contributed by atoms with Crippen molar-refractivity contribution in [2.24, 2.45) is 0 Å². The van der Waals surface area contributed by atoms with Gasteiger partial charge in [0.15, 0.2) is 0 Å². The van der Waals surface area contributed by atoms with Crippen molar-refractivity contribution in [1.29, 1.82) is 0 Å². The monoisotopic (exact) mass is 320 g/mol. The molecule has 0 aliphatic rings. The number of nitrogens with one attached hydrogen (secondary N) is 1. The summed E-state index contributed by atoms with van der Waals surface area (Å²) in [4.78, 5) is 28.3. The summed E-state index contributed by atoms with van der Waals surface area (Å²) in [5.74, 6) is -0.684. The Bertz CT molecular complexity index is 889. The van der Waals surface area contributed by atoms with Gasteiger partial charge in [-0.15, -0.1) is 0 Å². The fraction of sp³-hybridized carbons (Fsp3) is 0.105. The van der Waals surface area contributed by atoms with Crippen molar-refractivity contribution in [2.45, 2.75) is 6.92 Å². The molecule has 0 aliphatic carbocycles. The molecule has 120 valence electrons. The lowest BCUT2D eigenvalue weighted by molar-refractivity contribution is 0.0526. The molecule has 1 aromatic heterocycles. The van der Waals surface area contributed by atoms with Gasteiger partial charge in [-0.05, 0) is 43.3 Å². The summed E-state index contributed by atoms with van der Waals surface area (Å²) in [5, 5.41) is 3.75. The van der Waals surface area contributed by atoms with E-state index in [1.807, 2.05) is 30.3 Å². The van der Waals surface area contributed by atoms with Gasteiger partial charge in [-0.3, -0.25) is 4.79 Å². The van der Waals surface area contributed by atoms with Crippen LogP contribution in [0.3, 0.4) is 0 Å². The van der Waals surface area contributed by atoms with Crippen molar-refractivity contribution in [2.75, 3.05) is 11.9 Å². The maximum atomic E-state index is 12.3. The lowest BCUT2D eigenvalue weighted by Crippen LogP contribution is -2.13. The van der Waals surface area contributed by atoms with Gasteiger partial charge in [0.05, 0.1) is 17.7 Å². The van der Waals surface area contributed by atoms with E-state index in [1.165, 1.54) is 0 Å². The molecule has 1 heterocycles. The Kier molecular flexibility index (Phi) is 4.52. The first-order chi connectivity index (χ1) is 11.7. The summed E-state index contributed by atoms with van der Waals surface area (Å²) in [7, 11) is 0. The highest BCUT2D eigenvalue weighted by molar-refractivity contribution is 6.04. The van der Waals surface area contributed by atoms with Crippen LogP contribution in [0.4, 0.5) is 5.69 Å². The van der Waals surface area contributed by atoms with E-state index in [1.54, 1.807) is 37.3 Å². The molecule has 3 aromatic rings. The first-order valence-corrected chi connectivity index (χ1v) is 7.61. The average molecular weight is 320 g/mol. The number of carbonyl (C=O) groups excluding carboxylic acids is 2. The number of hydrogen-bond acceptors (Lipinski definition) is 4. The van der Waals surface area contributed by atoms with Gasteiger partial charge in [-0.25, -0.2) is 9.78 Å². The summed E-state index contributed by atoms with van der Waals surface area (Å²) in [6, 6.07) is 17.7. The second kappa shape index (κ2) is 6.91. The number of fused-ring (bicyclic) bond motifs is 1. The molecule has 0 unspecified atom stereocenters. The molecule has 1 N–H and O–H groups in total. The van der Waals surface area contributed by atoms with Gasteiger partial charge in [0.2, 0.25) is 0 Å². The number of anilines is 1. The zero-order valence-corrected chi connectivity index (χ0v) is 13.2. The zero-order chi connectivity index (χ0) is 16.9. The molecule has 0 saturated carbocycles. The van der Waals surface area contributed by atoms with Gasteiger partial charge in [0, 0.05) is 11.1 Å². The van der Waals surface area contributed by atoms with E-state index in [0.717, 1.165) is 10.9 Å². The third-order valence-electron chi connectivity index (χ3n) is 3.48. The van der Waals surface area contributed by atoms with Crippen LogP contribution in [0, 0.1) is 0 Å². The quantitative estimate of drug-likeness (QED) is 0.745. The Morgan fingerprint density at radius 3 is 2.50 bits per heavy atom. The normalized spacial score (nSPS) is 10.4. The number of aromatic nitrogens is 1. The van der Waals surface area contributed by atoms with Crippen molar-refractivity contribution in [1.82, 2.24) is 4.98 Å². The fourth-order valence-electron chi connectivity index (χ4n) is 2.29. The number of amides is 1. The van der Waals surface area contributed by atoms with E-state index in [0.29, 0.717) is 23.6 Å². The van der Waals surface area contributed by atoms with E-state index >= 15 is 0 Å². The van der Waals surface area contributed by atoms with Crippen molar-refractivity contribution < 1.29 is 14.3 Å². The van der Waals surface area contributed by atoms with E-state index < -0.39 is 0 Å². The number of hydrogen-bond donors (Lipinski definition) is 1. The number of benzene rings is 2. The van der Waals surface area contributed by atoms with Gasteiger partial charge in [0.25, 0.3) is 5.91 Å². The van der Waals surface area contributed by atoms with Crippen LogP contribution < -0.4 is 5.32 Å². The number of ether oxygens (including phenoxy) is 1. The minimum absolute atomic E-state index is 0.301. The molecule has 0 radical (unpaired) electrons. The van der Waals surface area contributed by atoms with Crippen molar-refractivity contribution in [3.05, 3.63) is 71.9 Å². The molecule has 1 amide bonds. The summed E-state index contributed by atoms with van der Waals surface area (Å²) in [5.41, 5.74) is 2.13. The van der Waals surface area contributed by atoms with Crippen LogP contribution in [0.1, 0.15) is 27.8 Å². The molecule has 0 spiro atoms. The minimum atomic E-state index is -0.383. The zero-order valence-electron chi connectivity index (χ0n) is 13.2. The average Bonchev–Trinajstić information content (AvgIpc) is 2.62. The van der Waals surface area contributed by atoms with Crippen molar-refractivity contribution in [3.8, 4) is 0 Å². The smallest absolute Gasteiger partial charge is 0.338 e. The third-order valence-corrected chi connectivity index (χ3v) is 3.48. The third kappa shape index (κ3) is 3.41. The predicted molar refractivity (Wildman–Crippen MR) is 92.1 cm³/mol. The van der Waals surface area contributed by atoms with Gasteiger partial charge in [-0.1, -0.05) is 24.3 Å². The SMILES string of the molecule is CCOC(=O)c1ccc(NC(=O)c2ccc3ccccc3n2)cc1. The van der Waals surface area contributed by atoms with Gasteiger partial charge in [0.1, 0.15) is 5.69 Å². The predicted octanol–water partition coefficient (Wildman–Crippen LogP) is 3.66. The van der Waals surface area contributed by atoms with Gasteiger partial charge >= 0.3 is 5.97 Å². The largest absolute Gasteiger partial charge is 0.462 e. The number of esters is 1. The molecule has 5 nitrogen and oxygen atoms in total. The Morgan fingerprint density at radius 2 is 1.75 bits per heavy atom. The maximum absolute atomic E-state index is 12.3. The summed E-state index contributed by atoms with van der Waals surface area (Å²) in [6.07, 6.45) is 0. The lowest BCUT2D eigenvalue weighted by atomic mass is 10.2. The lowest BCUT2D eigenvalue weighted by Gasteiger charge is -2.07. The Balaban J connectivity index is 1.74. The first-order valence-electron chi connectivity index (χ1n) is 7.61. The second-order valence-electron chi connectivity index (χ2n) is 5.14. The molecule has 3 rings (SSSR count).